The number of halogens is 1. The van der Waals surface area contributed by atoms with Gasteiger partial charge in [0.2, 0.25) is 0 Å². The number of rotatable bonds is 2. The van der Waals surface area contributed by atoms with Gasteiger partial charge in [0, 0.05) is 24.1 Å². The molecule has 4 nitrogen and oxygen atoms in total. The molecule has 0 aliphatic carbocycles. The molecule has 5 heteroatoms. The van der Waals surface area contributed by atoms with Crippen LogP contribution in [0.2, 0.25) is 0 Å². The van der Waals surface area contributed by atoms with Gasteiger partial charge in [-0.05, 0) is 19.1 Å². The number of aromatic nitrogens is 1. The first-order chi connectivity index (χ1) is 8.20. The highest BCUT2D eigenvalue weighted by molar-refractivity contribution is 9.09. The van der Waals surface area contributed by atoms with Gasteiger partial charge in [-0.15, -0.1) is 0 Å². The summed E-state index contributed by atoms with van der Waals surface area (Å²) < 4.78 is 5.51. The molecule has 1 saturated heterocycles. The van der Waals surface area contributed by atoms with E-state index in [0.717, 1.165) is 11.0 Å². The molecule has 1 amide bonds. The molecule has 1 aliphatic rings. The second-order valence-electron chi connectivity index (χ2n) is 4.06. The number of carbonyl (C=O) groups is 1. The van der Waals surface area contributed by atoms with Crippen molar-refractivity contribution < 1.29 is 9.53 Å². The van der Waals surface area contributed by atoms with Crippen LogP contribution in [0.4, 0.5) is 0 Å². The summed E-state index contributed by atoms with van der Waals surface area (Å²) in [7, 11) is 0. The number of morpholine rings is 1. The highest BCUT2D eigenvalue weighted by atomic mass is 79.9. The standard InChI is InChI=1S/C12H15BrN2O2/c1-9-3-2-4-11(14-9)12(16)15-5-6-17-10(7-13)8-15/h2-4,10H,5-8H2,1H3. The monoisotopic (exact) mass is 298 g/mol. The van der Waals surface area contributed by atoms with Crippen LogP contribution in [0, 0.1) is 6.92 Å². The number of alkyl halides is 1. The summed E-state index contributed by atoms with van der Waals surface area (Å²) in [5.41, 5.74) is 1.38. The molecule has 0 bridgehead atoms. The van der Waals surface area contributed by atoms with Crippen molar-refractivity contribution in [2.75, 3.05) is 25.0 Å². The average molecular weight is 299 g/mol. The molecule has 2 rings (SSSR count). The van der Waals surface area contributed by atoms with Crippen LogP contribution in [-0.2, 0) is 4.74 Å². The molecular formula is C12H15BrN2O2. The maximum Gasteiger partial charge on any atom is 0.272 e. The molecule has 0 radical (unpaired) electrons. The summed E-state index contributed by atoms with van der Waals surface area (Å²) in [5, 5.41) is 0.748. The Bertz CT molecular complexity index is 411. The van der Waals surface area contributed by atoms with E-state index in [0.29, 0.717) is 25.4 Å². The van der Waals surface area contributed by atoms with Crippen molar-refractivity contribution in [1.82, 2.24) is 9.88 Å². The van der Waals surface area contributed by atoms with Crippen molar-refractivity contribution in [3.63, 3.8) is 0 Å². The second kappa shape index (κ2) is 5.60. The minimum Gasteiger partial charge on any atom is -0.374 e. The van der Waals surface area contributed by atoms with Crippen molar-refractivity contribution in [3.8, 4) is 0 Å². The van der Waals surface area contributed by atoms with Crippen molar-refractivity contribution >= 4 is 21.8 Å². The molecule has 1 aliphatic heterocycles. The molecule has 1 aromatic heterocycles. The summed E-state index contributed by atoms with van der Waals surface area (Å²) in [6, 6.07) is 5.50. The van der Waals surface area contributed by atoms with Crippen LogP contribution >= 0.6 is 15.9 Å². The first-order valence-electron chi connectivity index (χ1n) is 5.61. The fraction of sp³-hybridized carbons (Fsp3) is 0.500. The summed E-state index contributed by atoms with van der Waals surface area (Å²) >= 11 is 3.38. The average Bonchev–Trinajstić information content (AvgIpc) is 2.38. The van der Waals surface area contributed by atoms with E-state index in [9.17, 15) is 4.79 Å². The minimum atomic E-state index is -0.0112. The van der Waals surface area contributed by atoms with Crippen LogP contribution in [0.5, 0.6) is 0 Å². The van der Waals surface area contributed by atoms with Gasteiger partial charge in [0.1, 0.15) is 5.69 Å². The summed E-state index contributed by atoms with van der Waals surface area (Å²) in [6.45, 7) is 3.74. The zero-order chi connectivity index (χ0) is 12.3. The van der Waals surface area contributed by atoms with Gasteiger partial charge < -0.3 is 9.64 Å². The smallest absolute Gasteiger partial charge is 0.272 e. The molecule has 1 aromatic rings. The number of hydrogen-bond acceptors (Lipinski definition) is 3. The van der Waals surface area contributed by atoms with E-state index in [1.54, 1.807) is 11.0 Å². The van der Waals surface area contributed by atoms with E-state index in [2.05, 4.69) is 20.9 Å². The molecule has 1 fully saturated rings. The van der Waals surface area contributed by atoms with Gasteiger partial charge in [-0.25, -0.2) is 4.98 Å². The van der Waals surface area contributed by atoms with Crippen LogP contribution in [0.25, 0.3) is 0 Å². The zero-order valence-corrected chi connectivity index (χ0v) is 11.3. The van der Waals surface area contributed by atoms with Gasteiger partial charge in [-0.1, -0.05) is 22.0 Å². The van der Waals surface area contributed by atoms with Crippen LogP contribution < -0.4 is 0 Å². The van der Waals surface area contributed by atoms with E-state index in [4.69, 9.17) is 4.74 Å². The number of hydrogen-bond donors (Lipinski definition) is 0. The third kappa shape index (κ3) is 3.04. The molecule has 0 N–H and O–H groups in total. The Morgan fingerprint density at radius 2 is 2.47 bits per heavy atom. The number of nitrogens with zero attached hydrogens (tertiary/aromatic N) is 2. The Morgan fingerprint density at radius 1 is 1.65 bits per heavy atom. The third-order valence-electron chi connectivity index (χ3n) is 2.71. The molecule has 2 heterocycles. The van der Waals surface area contributed by atoms with Crippen molar-refractivity contribution in [2.45, 2.75) is 13.0 Å². The zero-order valence-electron chi connectivity index (χ0n) is 9.73. The molecule has 1 atom stereocenters. The predicted octanol–water partition coefficient (Wildman–Crippen LogP) is 1.63. The van der Waals surface area contributed by atoms with Gasteiger partial charge in [0.25, 0.3) is 5.91 Å². The van der Waals surface area contributed by atoms with Gasteiger partial charge in [-0.2, -0.15) is 0 Å². The molecule has 0 saturated carbocycles. The topological polar surface area (TPSA) is 42.4 Å². The molecule has 0 aromatic carbocycles. The summed E-state index contributed by atoms with van der Waals surface area (Å²) in [6.07, 6.45) is 0.0810. The number of aryl methyl sites for hydroxylation is 1. The van der Waals surface area contributed by atoms with Crippen molar-refractivity contribution in [2.24, 2.45) is 0 Å². The number of ether oxygens (including phenoxy) is 1. The van der Waals surface area contributed by atoms with E-state index in [1.807, 2.05) is 19.1 Å². The molecule has 0 spiro atoms. The molecule has 1 unspecified atom stereocenters. The van der Waals surface area contributed by atoms with Crippen LogP contribution in [0.15, 0.2) is 18.2 Å². The lowest BCUT2D eigenvalue weighted by molar-refractivity contribution is -0.00987. The van der Waals surface area contributed by atoms with Gasteiger partial charge >= 0.3 is 0 Å². The summed E-state index contributed by atoms with van der Waals surface area (Å²) in [4.78, 5) is 18.3. The first kappa shape index (κ1) is 12.5. The molecule has 92 valence electrons. The van der Waals surface area contributed by atoms with E-state index >= 15 is 0 Å². The van der Waals surface area contributed by atoms with Gasteiger partial charge in [-0.3, -0.25) is 4.79 Å². The minimum absolute atomic E-state index is 0.0112. The lowest BCUT2D eigenvalue weighted by atomic mass is 10.2. The van der Waals surface area contributed by atoms with Crippen LogP contribution in [-0.4, -0.2) is 46.9 Å². The van der Waals surface area contributed by atoms with Crippen molar-refractivity contribution in [3.05, 3.63) is 29.6 Å². The first-order valence-corrected chi connectivity index (χ1v) is 6.73. The predicted molar refractivity (Wildman–Crippen MR) is 68.4 cm³/mol. The third-order valence-corrected chi connectivity index (χ3v) is 3.43. The molecule has 17 heavy (non-hydrogen) atoms. The highest BCUT2D eigenvalue weighted by Gasteiger charge is 2.24. The quantitative estimate of drug-likeness (QED) is 0.780. The normalized spacial score (nSPS) is 20.4. The Kier molecular flexibility index (Phi) is 4.12. The Balaban J connectivity index is 2.09. The fourth-order valence-electron chi connectivity index (χ4n) is 1.82. The van der Waals surface area contributed by atoms with Crippen LogP contribution in [0.3, 0.4) is 0 Å². The number of pyridine rings is 1. The Hall–Kier alpha value is -0.940. The lowest BCUT2D eigenvalue weighted by Gasteiger charge is -2.31. The van der Waals surface area contributed by atoms with Crippen LogP contribution in [0.1, 0.15) is 16.2 Å². The maximum atomic E-state index is 12.2. The molecular weight excluding hydrogens is 284 g/mol. The van der Waals surface area contributed by atoms with Crippen molar-refractivity contribution in [1.29, 1.82) is 0 Å². The second-order valence-corrected chi connectivity index (χ2v) is 4.71. The number of amides is 1. The Morgan fingerprint density at radius 3 is 3.18 bits per heavy atom. The Labute approximate surface area is 109 Å². The highest BCUT2D eigenvalue weighted by Crippen LogP contribution is 2.11. The van der Waals surface area contributed by atoms with E-state index in [-0.39, 0.29) is 12.0 Å². The number of carbonyl (C=O) groups excluding carboxylic acids is 1. The SMILES string of the molecule is Cc1cccc(C(=O)N2CCOC(CBr)C2)n1. The van der Waals surface area contributed by atoms with Gasteiger partial charge in [0.15, 0.2) is 0 Å². The maximum absolute atomic E-state index is 12.2. The largest absolute Gasteiger partial charge is 0.374 e. The summed E-state index contributed by atoms with van der Waals surface area (Å²) in [5.74, 6) is -0.0112. The lowest BCUT2D eigenvalue weighted by Crippen LogP contribution is -2.46. The van der Waals surface area contributed by atoms with E-state index < -0.39 is 0 Å². The fourth-order valence-corrected chi connectivity index (χ4v) is 2.21. The van der Waals surface area contributed by atoms with Gasteiger partial charge in [0.05, 0.1) is 12.7 Å². The van der Waals surface area contributed by atoms with E-state index in [1.165, 1.54) is 0 Å².